The van der Waals surface area contributed by atoms with Gasteiger partial charge in [0.1, 0.15) is 0 Å². The van der Waals surface area contributed by atoms with Gasteiger partial charge in [-0.05, 0) is 57.5 Å². The molecule has 25 heavy (non-hydrogen) atoms. The van der Waals surface area contributed by atoms with Crippen molar-refractivity contribution < 1.29 is 19.1 Å². The largest absolute Gasteiger partial charge is 0.493 e. The lowest BCUT2D eigenvalue weighted by atomic mass is 10.1. The topological polar surface area (TPSA) is 67.9 Å². The Hall–Kier alpha value is -2.08. The molecule has 0 spiro atoms. The van der Waals surface area contributed by atoms with Crippen molar-refractivity contribution in [3.63, 3.8) is 0 Å². The number of amides is 1. The minimum Gasteiger partial charge on any atom is -0.493 e. The summed E-state index contributed by atoms with van der Waals surface area (Å²) in [7, 11) is 3.49. The van der Waals surface area contributed by atoms with E-state index in [1.165, 1.54) is 6.92 Å². The number of benzene rings is 1. The van der Waals surface area contributed by atoms with Gasteiger partial charge in [0.05, 0.1) is 13.7 Å². The Morgan fingerprint density at radius 2 is 2.12 bits per heavy atom. The lowest BCUT2D eigenvalue weighted by molar-refractivity contribution is -0.130. The number of nitrogens with one attached hydrogen (secondary N) is 1. The first-order valence-corrected chi connectivity index (χ1v) is 8.79. The molecule has 0 radical (unpaired) electrons. The third-order valence-electron chi connectivity index (χ3n) is 4.49. The molecular formula is C19H28N2O4. The third-order valence-corrected chi connectivity index (χ3v) is 4.49. The molecule has 0 aliphatic carbocycles. The molecule has 6 heteroatoms. The summed E-state index contributed by atoms with van der Waals surface area (Å²) in [5.74, 6) is 1.87. The van der Waals surface area contributed by atoms with Gasteiger partial charge in [-0.15, -0.1) is 0 Å². The molecule has 0 bridgehead atoms. The molecule has 1 aromatic rings. The van der Waals surface area contributed by atoms with Gasteiger partial charge < -0.3 is 19.7 Å². The van der Waals surface area contributed by atoms with Gasteiger partial charge in [0.2, 0.25) is 5.91 Å². The second-order valence-corrected chi connectivity index (χ2v) is 6.43. The van der Waals surface area contributed by atoms with Crippen LogP contribution in [0.2, 0.25) is 0 Å². The van der Waals surface area contributed by atoms with E-state index in [0.29, 0.717) is 42.4 Å². The molecule has 6 nitrogen and oxygen atoms in total. The maximum atomic E-state index is 12.2. The van der Waals surface area contributed by atoms with Crippen molar-refractivity contribution in [3.05, 3.63) is 23.8 Å². The molecule has 0 saturated carbocycles. The number of rotatable bonds is 9. The number of carbonyl (C=O) groups excluding carboxylic acids is 2. The lowest BCUT2D eigenvalue weighted by Crippen LogP contribution is -2.30. The van der Waals surface area contributed by atoms with Crippen LogP contribution in [0.3, 0.4) is 0 Å². The summed E-state index contributed by atoms with van der Waals surface area (Å²) >= 11 is 0. The van der Waals surface area contributed by atoms with Gasteiger partial charge in [0, 0.05) is 25.1 Å². The molecule has 1 amide bonds. The predicted octanol–water partition coefficient (Wildman–Crippen LogP) is 2.12. The summed E-state index contributed by atoms with van der Waals surface area (Å²) in [5.41, 5.74) is 0.588. The van der Waals surface area contributed by atoms with Crippen LogP contribution in [0.25, 0.3) is 0 Å². The fraction of sp³-hybridized carbons (Fsp3) is 0.579. The molecule has 1 atom stereocenters. The molecule has 1 unspecified atom stereocenters. The molecule has 0 aromatic heterocycles. The number of Topliss-reactive ketones (excluding diaryl/α,β-unsaturated/α-hetero) is 1. The van der Waals surface area contributed by atoms with Gasteiger partial charge >= 0.3 is 0 Å². The van der Waals surface area contributed by atoms with Gasteiger partial charge in [-0.3, -0.25) is 9.59 Å². The molecule has 1 aromatic carbocycles. The molecule has 2 rings (SSSR count). The van der Waals surface area contributed by atoms with Crippen molar-refractivity contribution in [1.82, 2.24) is 10.2 Å². The number of ketones is 1. The minimum atomic E-state index is -0.0161. The number of hydrogen-bond donors (Lipinski definition) is 1. The zero-order valence-corrected chi connectivity index (χ0v) is 15.3. The van der Waals surface area contributed by atoms with Gasteiger partial charge in [-0.2, -0.15) is 0 Å². The summed E-state index contributed by atoms with van der Waals surface area (Å²) in [6, 6.07) is 5.13. The highest BCUT2D eigenvalue weighted by Crippen LogP contribution is 2.28. The van der Waals surface area contributed by atoms with E-state index in [0.717, 1.165) is 26.1 Å². The molecule has 1 heterocycles. The standard InChI is InChI=1S/C19H28N2O4/c1-14(22)16-6-7-17(18(11-16)24-3)25-10-4-5-19(23)21-9-8-15(13-21)12-20-2/h6-7,11,15,20H,4-5,8-10,12-13H2,1-3H3. The van der Waals surface area contributed by atoms with E-state index in [2.05, 4.69) is 5.32 Å². The molecular weight excluding hydrogens is 320 g/mol. The quantitative estimate of drug-likeness (QED) is 0.547. The van der Waals surface area contributed by atoms with Crippen LogP contribution in [-0.4, -0.2) is 57.0 Å². The van der Waals surface area contributed by atoms with Crippen LogP contribution in [0.15, 0.2) is 18.2 Å². The van der Waals surface area contributed by atoms with Crippen LogP contribution in [-0.2, 0) is 4.79 Å². The molecule has 1 saturated heterocycles. The van der Waals surface area contributed by atoms with Crippen molar-refractivity contribution in [2.75, 3.05) is 40.4 Å². The maximum Gasteiger partial charge on any atom is 0.222 e. The zero-order valence-electron chi connectivity index (χ0n) is 15.3. The van der Waals surface area contributed by atoms with Crippen LogP contribution >= 0.6 is 0 Å². The van der Waals surface area contributed by atoms with E-state index in [-0.39, 0.29) is 11.7 Å². The normalized spacial score (nSPS) is 16.8. The van der Waals surface area contributed by atoms with E-state index >= 15 is 0 Å². The first-order chi connectivity index (χ1) is 12.0. The fourth-order valence-corrected chi connectivity index (χ4v) is 3.08. The summed E-state index contributed by atoms with van der Waals surface area (Å²) < 4.78 is 11.0. The van der Waals surface area contributed by atoms with E-state index in [4.69, 9.17) is 9.47 Å². The Kier molecular flexibility index (Phi) is 7.25. The highest BCUT2D eigenvalue weighted by atomic mass is 16.5. The van der Waals surface area contributed by atoms with Gasteiger partial charge in [-0.25, -0.2) is 0 Å². The number of nitrogens with zero attached hydrogens (tertiary/aromatic N) is 1. The Morgan fingerprint density at radius 3 is 2.80 bits per heavy atom. The Morgan fingerprint density at radius 1 is 1.32 bits per heavy atom. The van der Waals surface area contributed by atoms with E-state index < -0.39 is 0 Å². The predicted molar refractivity (Wildman–Crippen MR) is 96.3 cm³/mol. The molecule has 1 aliphatic rings. The zero-order chi connectivity index (χ0) is 18.2. The molecule has 1 fully saturated rings. The minimum absolute atomic E-state index is 0.0161. The first kappa shape index (κ1) is 19.2. The average Bonchev–Trinajstić information content (AvgIpc) is 3.07. The SMILES string of the molecule is CNCC1CCN(C(=O)CCCOc2ccc(C(C)=O)cc2OC)C1. The van der Waals surface area contributed by atoms with Crippen molar-refractivity contribution in [2.24, 2.45) is 5.92 Å². The summed E-state index contributed by atoms with van der Waals surface area (Å²) in [4.78, 5) is 25.6. The fourth-order valence-electron chi connectivity index (χ4n) is 3.08. The first-order valence-electron chi connectivity index (χ1n) is 8.79. The van der Waals surface area contributed by atoms with Crippen LogP contribution in [0.5, 0.6) is 11.5 Å². The number of ether oxygens (including phenoxy) is 2. The van der Waals surface area contributed by atoms with E-state index in [1.807, 2.05) is 11.9 Å². The molecule has 1 N–H and O–H groups in total. The van der Waals surface area contributed by atoms with Crippen LogP contribution in [0.4, 0.5) is 0 Å². The Balaban J connectivity index is 1.76. The van der Waals surface area contributed by atoms with Crippen molar-refractivity contribution >= 4 is 11.7 Å². The second kappa shape index (κ2) is 9.42. The van der Waals surface area contributed by atoms with Gasteiger partial charge in [-0.1, -0.05) is 0 Å². The summed E-state index contributed by atoms with van der Waals surface area (Å²) in [6.07, 6.45) is 2.21. The second-order valence-electron chi connectivity index (χ2n) is 6.43. The van der Waals surface area contributed by atoms with Crippen molar-refractivity contribution in [2.45, 2.75) is 26.2 Å². The highest BCUT2D eigenvalue weighted by molar-refractivity contribution is 5.94. The van der Waals surface area contributed by atoms with E-state index in [9.17, 15) is 9.59 Å². The third kappa shape index (κ3) is 5.46. The maximum absolute atomic E-state index is 12.2. The summed E-state index contributed by atoms with van der Waals surface area (Å²) in [5, 5.41) is 3.17. The summed E-state index contributed by atoms with van der Waals surface area (Å²) in [6.45, 7) is 4.62. The van der Waals surface area contributed by atoms with Gasteiger partial charge in [0.25, 0.3) is 0 Å². The average molecular weight is 348 g/mol. The van der Waals surface area contributed by atoms with Crippen molar-refractivity contribution in [1.29, 1.82) is 0 Å². The molecule has 138 valence electrons. The monoisotopic (exact) mass is 348 g/mol. The smallest absolute Gasteiger partial charge is 0.222 e. The number of hydrogen-bond acceptors (Lipinski definition) is 5. The number of carbonyl (C=O) groups is 2. The highest BCUT2D eigenvalue weighted by Gasteiger charge is 2.25. The lowest BCUT2D eigenvalue weighted by Gasteiger charge is -2.17. The van der Waals surface area contributed by atoms with Crippen LogP contribution < -0.4 is 14.8 Å². The number of likely N-dealkylation sites (tertiary alicyclic amines) is 1. The van der Waals surface area contributed by atoms with Gasteiger partial charge in [0.15, 0.2) is 17.3 Å². The molecule has 1 aliphatic heterocycles. The van der Waals surface area contributed by atoms with E-state index in [1.54, 1.807) is 25.3 Å². The van der Waals surface area contributed by atoms with Crippen LogP contribution in [0.1, 0.15) is 36.5 Å². The van der Waals surface area contributed by atoms with Crippen molar-refractivity contribution in [3.8, 4) is 11.5 Å². The Labute approximate surface area is 149 Å². The van der Waals surface area contributed by atoms with Crippen LogP contribution in [0, 0.1) is 5.92 Å². The Bertz CT molecular complexity index is 603. The number of methoxy groups -OCH3 is 1.